The zero-order valence-corrected chi connectivity index (χ0v) is 18.0. The van der Waals surface area contributed by atoms with E-state index in [1.165, 1.54) is 0 Å². The summed E-state index contributed by atoms with van der Waals surface area (Å²) in [6, 6.07) is 26.2. The molecule has 158 valence electrons. The number of para-hydroxylation sites is 1. The second-order valence-electron chi connectivity index (χ2n) is 7.48. The van der Waals surface area contributed by atoms with Crippen molar-refractivity contribution in [3.05, 3.63) is 107 Å². The zero-order valence-electron chi connectivity index (χ0n) is 17.3. The summed E-state index contributed by atoms with van der Waals surface area (Å²) in [6.45, 7) is 1.88. The van der Waals surface area contributed by atoms with E-state index in [2.05, 4.69) is 15.6 Å². The highest BCUT2D eigenvalue weighted by Crippen LogP contribution is 2.37. The number of carbonyl (C=O) groups is 1. The third kappa shape index (κ3) is 3.65. The van der Waals surface area contributed by atoms with Gasteiger partial charge in [-0.25, -0.2) is 4.68 Å². The van der Waals surface area contributed by atoms with Crippen LogP contribution in [0.5, 0.6) is 0 Å². The Morgan fingerprint density at radius 3 is 2.34 bits per heavy atom. The third-order valence-electron chi connectivity index (χ3n) is 5.36. The lowest BCUT2D eigenvalue weighted by atomic mass is 9.95. The molecule has 0 bridgehead atoms. The molecular formula is C25H20ClN5O. The van der Waals surface area contributed by atoms with Gasteiger partial charge in [-0.2, -0.15) is 4.98 Å². The fourth-order valence-corrected chi connectivity index (χ4v) is 4.09. The van der Waals surface area contributed by atoms with E-state index < -0.39 is 6.04 Å². The van der Waals surface area contributed by atoms with Crippen molar-refractivity contribution in [2.75, 3.05) is 10.6 Å². The first-order chi connectivity index (χ1) is 15.6. The summed E-state index contributed by atoms with van der Waals surface area (Å²) in [5, 5.41) is 11.6. The number of nitrogens with one attached hydrogen (secondary N) is 2. The first-order valence-corrected chi connectivity index (χ1v) is 10.6. The first-order valence-electron chi connectivity index (χ1n) is 10.2. The molecule has 0 spiro atoms. The summed E-state index contributed by atoms with van der Waals surface area (Å²) in [7, 11) is 0. The van der Waals surface area contributed by atoms with Gasteiger partial charge in [0.1, 0.15) is 6.04 Å². The number of rotatable bonds is 4. The van der Waals surface area contributed by atoms with Gasteiger partial charge < -0.3 is 10.6 Å². The quantitative estimate of drug-likeness (QED) is 0.437. The summed E-state index contributed by atoms with van der Waals surface area (Å²) in [6.07, 6.45) is 0. The normalized spacial score (nSPS) is 15.1. The van der Waals surface area contributed by atoms with Gasteiger partial charge in [0, 0.05) is 16.9 Å². The summed E-state index contributed by atoms with van der Waals surface area (Å²) < 4.78 is 1.75. The van der Waals surface area contributed by atoms with Gasteiger partial charge in [0.2, 0.25) is 5.95 Å². The number of amides is 1. The van der Waals surface area contributed by atoms with Gasteiger partial charge in [0.15, 0.2) is 5.82 Å². The lowest BCUT2D eigenvalue weighted by Gasteiger charge is -2.28. The average molecular weight is 442 g/mol. The number of carbonyl (C=O) groups excluding carboxylic acids is 1. The SMILES string of the molecule is CC1=C(C(=O)Nc2ccccc2)C(c2ccccc2)n2nc(-c3ccccc3Cl)nc2N1. The molecule has 1 aliphatic rings. The Morgan fingerprint density at radius 2 is 1.62 bits per heavy atom. The number of hydrogen-bond donors (Lipinski definition) is 2. The molecule has 5 rings (SSSR count). The van der Waals surface area contributed by atoms with E-state index in [1.54, 1.807) is 10.7 Å². The van der Waals surface area contributed by atoms with Crippen LogP contribution in [0.15, 0.2) is 96.2 Å². The first kappa shape index (κ1) is 20.0. The van der Waals surface area contributed by atoms with Gasteiger partial charge in [0.05, 0.1) is 10.6 Å². The predicted molar refractivity (Wildman–Crippen MR) is 126 cm³/mol. The van der Waals surface area contributed by atoms with Crippen LogP contribution in [0.2, 0.25) is 5.02 Å². The van der Waals surface area contributed by atoms with E-state index in [0.29, 0.717) is 22.4 Å². The minimum atomic E-state index is -0.445. The molecule has 6 nitrogen and oxygen atoms in total. The molecule has 1 amide bonds. The molecule has 1 aromatic heterocycles. The zero-order chi connectivity index (χ0) is 22.1. The lowest BCUT2D eigenvalue weighted by molar-refractivity contribution is -0.113. The van der Waals surface area contributed by atoms with E-state index in [-0.39, 0.29) is 5.91 Å². The van der Waals surface area contributed by atoms with Crippen molar-refractivity contribution in [3.8, 4) is 11.4 Å². The molecule has 3 aromatic carbocycles. The number of nitrogens with zero attached hydrogens (tertiary/aromatic N) is 3. The Kier molecular flexibility index (Phi) is 5.21. The summed E-state index contributed by atoms with van der Waals surface area (Å²) in [4.78, 5) is 18.1. The maximum absolute atomic E-state index is 13.4. The van der Waals surface area contributed by atoms with E-state index >= 15 is 0 Å². The number of fused-ring (bicyclic) bond motifs is 1. The third-order valence-corrected chi connectivity index (χ3v) is 5.69. The van der Waals surface area contributed by atoms with E-state index in [9.17, 15) is 4.79 Å². The van der Waals surface area contributed by atoms with Crippen molar-refractivity contribution in [2.24, 2.45) is 0 Å². The van der Waals surface area contributed by atoms with Crippen LogP contribution in [0, 0.1) is 0 Å². The van der Waals surface area contributed by atoms with Gasteiger partial charge in [-0.05, 0) is 36.8 Å². The van der Waals surface area contributed by atoms with E-state index in [4.69, 9.17) is 16.7 Å². The number of hydrogen-bond acceptors (Lipinski definition) is 4. The van der Waals surface area contributed by atoms with Crippen LogP contribution < -0.4 is 10.6 Å². The standard InChI is InChI=1S/C25H20ClN5O/c1-16-21(24(32)28-18-12-6-3-7-13-18)22(17-10-4-2-5-11-17)31-25(27-16)29-23(30-31)19-14-8-9-15-20(19)26/h2-15,22H,1H3,(H,28,32)(H,27,29,30). The number of anilines is 2. The summed E-state index contributed by atoms with van der Waals surface area (Å²) in [5.74, 6) is 0.856. The van der Waals surface area contributed by atoms with Crippen molar-refractivity contribution in [3.63, 3.8) is 0 Å². The second-order valence-corrected chi connectivity index (χ2v) is 7.89. The largest absolute Gasteiger partial charge is 0.328 e. The predicted octanol–water partition coefficient (Wildman–Crippen LogP) is 5.53. The molecule has 7 heteroatoms. The molecule has 0 saturated heterocycles. The van der Waals surface area contributed by atoms with Crippen molar-refractivity contribution in [1.29, 1.82) is 0 Å². The topological polar surface area (TPSA) is 71.8 Å². The van der Waals surface area contributed by atoms with Gasteiger partial charge in [-0.15, -0.1) is 5.10 Å². The Labute approximate surface area is 190 Å². The molecule has 32 heavy (non-hydrogen) atoms. The van der Waals surface area contributed by atoms with E-state index in [0.717, 1.165) is 22.5 Å². The Bertz CT molecular complexity index is 1310. The Morgan fingerprint density at radius 1 is 0.969 bits per heavy atom. The minimum Gasteiger partial charge on any atom is -0.328 e. The molecule has 0 radical (unpaired) electrons. The van der Waals surface area contributed by atoms with Gasteiger partial charge in [-0.3, -0.25) is 4.79 Å². The maximum atomic E-state index is 13.4. The van der Waals surface area contributed by atoms with Gasteiger partial charge in [-0.1, -0.05) is 72.3 Å². The number of allylic oxidation sites excluding steroid dienone is 1. The van der Waals surface area contributed by atoms with Crippen molar-refractivity contribution in [1.82, 2.24) is 14.8 Å². The molecular weight excluding hydrogens is 422 g/mol. The maximum Gasteiger partial charge on any atom is 0.255 e. The number of benzene rings is 3. The fourth-order valence-electron chi connectivity index (χ4n) is 3.87. The van der Waals surface area contributed by atoms with Crippen LogP contribution in [0.1, 0.15) is 18.5 Å². The number of halogens is 1. The fraction of sp³-hybridized carbons (Fsp3) is 0.0800. The number of aromatic nitrogens is 3. The summed E-state index contributed by atoms with van der Waals surface area (Å²) >= 11 is 6.39. The Balaban J connectivity index is 1.61. The van der Waals surface area contributed by atoms with Gasteiger partial charge in [0.25, 0.3) is 5.91 Å². The molecule has 0 fully saturated rings. The minimum absolute atomic E-state index is 0.199. The second kappa shape index (κ2) is 8.32. The van der Waals surface area contributed by atoms with Crippen molar-refractivity contribution < 1.29 is 4.79 Å². The molecule has 1 atom stereocenters. The van der Waals surface area contributed by atoms with E-state index in [1.807, 2.05) is 85.8 Å². The smallest absolute Gasteiger partial charge is 0.255 e. The van der Waals surface area contributed by atoms with Crippen molar-refractivity contribution in [2.45, 2.75) is 13.0 Å². The highest BCUT2D eigenvalue weighted by molar-refractivity contribution is 6.33. The molecule has 2 N–H and O–H groups in total. The van der Waals surface area contributed by atoms with Crippen LogP contribution in [0.4, 0.5) is 11.6 Å². The van der Waals surface area contributed by atoms with Crippen LogP contribution in [0.3, 0.4) is 0 Å². The highest BCUT2D eigenvalue weighted by Gasteiger charge is 2.34. The summed E-state index contributed by atoms with van der Waals surface area (Å²) in [5.41, 5.74) is 3.69. The molecule has 4 aromatic rings. The monoisotopic (exact) mass is 441 g/mol. The lowest BCUT2D eigenvalue weighted by Crippen LogP contribution is -2.31. The molecule has 1 aliphatic heterocycles. The molecule has 0 aliphatic carbocycles. The molecule has 1 unspecified atom stereocenters. The van der Waals surface area contributed by atoms with Gasteiger partial charge >= 0.3 is 0 Å². The average Bonchev–Trinajstić information content (AvgIpc) is 3.23. The van der Waals surface area contributed by atoms with Crippen LogP contribution in [-0.2, 0) is 4.79 Å². The molecule has 0 saturated carbocycles. The molecule has 2 heterocycles. The Hall–Kier alpha value is -3.90. The van der Waals surface area contributed by atoms with Crippen LogP contribution >= 0.6 is 11.6 Å². The van der Waals surface area contributed by atoms with Crippen molar-refractivity contribution >= 4 is 29.1 Å². The van der Waals surface area contributed by atoms with Crippen LogP contribution in [0.25, 0.3) is 11.4 Å². The van der Waals surface area contributed by atoms with Crippen LogP contribution in [-0.4, -0.2) is 20.7 Å². The highest BCUT2D eigenvalue weighted by atomic mass is 35.5.